The van der Waals surface area contributed by atoms with Gasteiger partial charge in [-0.2, -0.15) is 5.06 Å². The van der Waals surface area contributed by atoms with E-state index in [9.17, 15) is 9.60 Å². The Morgan fingerprint density at radius 1 is 0.963 bits per heavy atom. The molecule has 4 nitrogen and oxygen atoms in total. The third kappa shape index (κ3) is 9.88. The van der Waals surface area contributed by atoms with Gasteiger partial charge in [-0.05, 0) is 61.5 Å². The SMILES string of the molecule is Fc1ccccc1.OCC1CCNCC1.ON1CCc2ccccc2C1.[Y]. The monoisotopic (exact) mass is 449 g/mol. The Bertz CT molecular complexity index is 625. The van der Waals surface area contributed by atoms with Gasteiger partial charge in [0.25, 0.3) is 0 Å². The van der Waals surface area contributed by atoms with Crippen LogP contribution in [0.15, 0.2) is 54.6 Å². The predicted molar refractivity (Wildman–Crippen MR) is 101 cm³/mol. The molecule has 0 saturated carbocycles. The number of halogens is 1. The van der Waals surface area contributed by atoms with Crippen LogP contribution in [0, 0.1) is 11.7 Å². The second kappa shape index (κ2) is 14.3. The minimum Gasteiger partial charge on any atom is -0.396 e. The molecule has 0 aliphatic carbocycles. The van der Waals surface area contributed by atoms with Gasteiger partial charge in [-0.3, -0.25) is 0 Å². The summed E-state index contributed by atoms with van der Waals surface area (Å²) in [6, 6.07) is 16.2. The number of hydroxylamine groups is 2. The Balaban J connectivity index is 0.000000205. The number of nitrogens with one attached hydrogen (secondary N) is 1. The van der Waals surface area contributed by atoms with Crippen molar-refractivity contribution >= 4 is 0 Å². The molecule has 2 aromatic rings. The van der Waals surface area contributed by atoms with Crippen LogP contribution in [0.2, 0.25) is 0 Å². The van der Waals surface area contributed by atoms with E-state index in [4.69, 9.17) is 5.11 Å². The standard InChI is InChI=1S/C9H11NO.C6H5F.C6H13NO.Y/c11-10-6-5-8-3-1-2-4-9(8)7-10;7-6-4-2-1-3-5-6;8-5-6-1-3-7-4-2-6;/h1-4,11H,5-7H2;1-5H;6-8H,1-5H2;. The zero-order chi connectivity index (χ0) is 18.6. The van der Waals surface area contributed by atoms with Gasteiger partial charge in [0.1, 0.15) is 5.82 Å². The fourth-order valence-electron chi connectivity index (χ4n) is 2.96. The van der Waals surface area contributed by atoms with Gasteiger partial charge in [0.05, 0.1) is 0 Å². The first kappa shape index (κ1) is 24.4. The molecule has 4 rings (SSSR count). The third-order valence-electron chi connectivity index (χ3n) is 4.56. The van der Waals surface area contributed by atoms with Crippen LogP contribution >= 0.6 is 0 Å². The van der Waals surface area contributed by atoms with Crippen LogP contribution in [-0.2, 0) is 45.7 Å². The first-order chi connectivity index (χ1) is 12.7. The largest absolute Gasteiger partial charge is 0.396 e. The second-order valence-electron chi connectivity index (χ2n) is 6.58. The first-order valence-corrected chi connectivity index (χ1v) is 9.21. The molecule has 0 spiro atoms. The van der Waals surface area contributed by atoms with Crippen molar-refractivity contribution in [2.45, 2.75) is 25.8 Å². The molecule has 3 N–H and O–H groups in total. The van der Waals surface area contributed by atoms with E-state index in [1.807, 2.05) is 12.1 Å². The maximum Gasteiger partial charge on any atom is 0.123 e. The molecular weight excluding hydrogens is 420 g/mol. The molecule has 27 heavy (non-hydrogen) atoms. The van der Waals surface area contributed by atoms with E-state index in [-0.39, 0.29) is 38.5 Å². The smallest absolute Gasteiger partial charge is 0.123 e. The third-order valence-corrected chi connectivity index (χ3v) is 4.56. The number of hydrogen-bond donors (Lipinski definition) is 3. The average Bonchev–Trinajstić information content (AvgIpc) is 2.70. The summed E-state index contributed by atoms with van der Waals surface area (Å²) in [6.07, 6.45) is 3.26. The van der Waals surface area contributed by atoms with Crippen molar-refractivity contribution in [2.75, 3.05) is 26.2 Å². The van der Waals surface area contributed by atoms with Gasteiger partial charge in [-0.15, -0.1) is 0 Å². The summed E-state index contributed by atoms with van der Waals surface area (Å²) in [6.45, 7) is 3.99. The molecule has 1 saturated heterocycles. The summed E-state index contributed by atoms with van der Waals surface area (Å²) in [5.41, 5.74) is 2.62. The Morgan fingerprint density at radius 3 is 2.07 bits per heavy atom. The summed E-state index contributed by atoms with van der Waals surface area (Å²) < 4.78 is 11.9. The van der Waals surface area contributed by atoms with Gasteiger partial charge >= 0.3 is 0 Å². The Hall–Kier alpha value is -0.686. The van der Waals surface area contributed by atoms with Gasteiger partial charge in [0, 0.05) is 52.4 Å². The van der Waals surface area contributed by atoms with E-state index in [1.54, 1.807) is 18.2 Å². The van der Waals surface area contributed by atoms with Crippen molar-refractivity contribution < 1.29 is 47.4 Å². The van der Waals surface area contributed by atoms with Gasteiger partial charge in [-0.25, -0.2) is 4.39 Å². The summed E-state index contributed by atoms with van der Waals surface area (Å²) in [4.78, 5) is 0. The molecule has 2 aromatic carbocycles. The van der Waals surface area contributed by atoms with Crippen LogP contribution < -0.4 is 5.32 Å². The molecule has 1 radical (unpaired) electrons. The van der Waals surface area contributed by atoms with Crippen LogP contribution in [0.25, 0.3) is 0 Å². The maximum atomic E-state index is 11.9. The topological polar surface area (TPSA) is 55.7 Å². The zero-order valence-corrected chi connectivity index (χ0v) is 18.6. The van der Waals surface area contributed by atoms with E-state index in [0.717, 1.165) is 38.9 Å². The van der Waals surface area contributed by atoms with Crippen LogP contribution in [0.4, 0.5) is 4.39 Å². The Labute approximate surface area is 186 Å². The quantitative estimate of drug-likeness (QED) is 0.626. The Morgan fingerprint density at radius 2 is 1.56 bits per heavy atom. The van der Waals surface area contributed by atoms with Crippen molar-refractivity contribution in [3.05, 3.63) is 71.5 Å². The summed E-state index contributed by atoms with van der Waals surface area (Å²) in [5, 5.41) is 22.5. The van der Waals surface area contributed by atoms with Gasteiger partial charge in [0.2, 0.25) is 0 Å². The molecule has 2 aliphatic rings. The van der Waals surface area contributed by atoms with Gasteiger partial charge in [-0.1, -0.05) is 42.5 Å². The van der Waals surface area contributed by atoms with Crippen molar-refractivity contribution in [3.8, 4) is 0 Å². The average molecular weight is 449 g/mol. The number of aliphatic hydroxyl groups excluding tert-OH is 1. The van der Waals surface area contributed by atoms with E-state index in [0.29, 0.717) is 19.1 Å². The number of piperidine rings is 1. The fourth-order valence-corrected chi connectivity index (χ4v) is 2.96. The molecule has 0 unspecified atom stereocenters. The molecule has 6 heteroatoms. The van der Waals surface area contributed by atoms with E-state index in [1.165, 1.54) is 28.3 Å². The van der Waals surface area contributed by atoms with Crippen molar-refractivity contribution in [1.82, 2.24) is 10.4 Å². The maximum absolute atomic E-state index is 11.9. The van der Waals surface area contributed by atoms with Crippen LogP contribution in [0.5, 0.6) is 0 Å². The normalized spacial score (nSPS) is 16.6. The van der Waals surface area contributed by atoms with Gasteiger partial charge in [0.15, 0.2) is 0 Å². The van der Waals surface area contributed by atoms with Crippen LogP contribution in [0.3, 0.4) is 0 Å². The number of rotatable bonds is 1. The number of nitrogens with zero attached hydrogens (tertiary/aromatic N) is 1. The molecule has 0 aromatic heterocycles. The number of hydrogen-bond acceptors (Lipinski definition) is 4. The summed E-state index contributed by atoms with van der Waals surface area (Å²) in [7, 11) is 0. The van der Waals surface area contributed by atoms with E-state index >= 15 is 0 Å². The molecular formula is C21H29FN2O2Y. The van der Waals surface area contributed by atoms with Gasteiger partial charge < -0.3 is 15.6 Å². The molecule has 0 amide bonds. The summed E-state index contributed by atoms with van der Waals surface area (Å²) >= 11 is 0. The second-order valence-corrected chi connectivity index (χ2v) is 6.58. The first-order valence-electron chi connectivity index (χ1n) is 9.21. The zero-order valence-electron chi connectivity index (χ0n) is 15.7. The Kier molecular flexibility index (Phi) is 12.9. The van der Waals surface area contributed by atoms with Crippen molar-refractivity contribution in [2.24, 2.45) is 5.92 Å². The molecule has 2 aliphatic heterocycles. The number of aliphatic hydroxyl groups is 1. The molecule has 0 bridgehead atoms. The molecule has 1 fully saturated rings. The van der Waals surface area contributed by atoms with E-state index < -0.39 is 0 Å². The van der Waals surface area contributed by atoms with Crippen molar-refractivity contribution in [3.63, 3.8) is 0 Å². The predicted octanol–water partition coefficient (Wildman–Crippen LogP) is 3.24. The molecule has 145 valence electrons. The van der Waals surface area contributed by atoms with Crippen LogP contribution in [-0.4, -0.2) is 41.6 Å². The molecule has 0 atom stereocenters. The van der Waals surface area contributed by atoms with Crippen LogP contribution in [0.1, 0.15) is 24.0 Å². The number of benzene rings is 2. The fraction of sp³-hybridized carbons (Fsp3) is 0.429. The number of fused-ring (bicyclic) bond motifs is 1. The molecule has 2 heterocycles. The van der Waals surface area contributed by atoms with E-state index in [2.05, 4.69) is 17.4 Å². The minimum atomic E-state index is -0.178. The summed E-state index contributed by atoms with van der Waals surface area (Å²) in [5.74, 6) is 0.402. The van der Waals surface area contributed by atoms with Crippen molar-refractivity contribution in [1.29, 1.82) is 0 Å². The minimum absolute atomic E-state index is 0.